The van der Waals surface area contributed by atoms with Gasteiger partial charge in [-0.3, -0.25) is 9.59 Å². The summed E-state index contributed by atoms with van der Waals surface area (Å²) >= 11 is 0. The molecule has 4 aliphatic heterocycles. The number of hydrogen-bond donors (Lipinski definition) is 15. The van der Waals surface area contributed by atoms with Gasteiger partial charge in [-0.25, -0.2) is 0 Å². The molecule has 0 aromatic rings. The summed E-state index contributed by atoms with van der Waals surface area (Å²) in [5.41, 5.74) is -3.41. The van der Waals surface area contributed by atoms with E-state index in [1.165, 1.54) is 7.11 Å². The highest BCUT2D eigenvalue weighted by Gasteiger charge is 2.71. The first-order valence-corrected chi connectivity index (χ1v) is 28.6. The number of esters is 2. The molecule has 0 spiro atoms. The van der Waals surface area contributed by atoms with Gasteiger partial charge in [-0.05, 0) is 105 Å². The van der Waals surface area contributed by atoms with Gasteiger partial charge < -0.3 is 119 Å². The normalized spacial score (nSPS) is 53.7. The molecule has 81 heavy (non-hydrogen) atoms. The van der Waals surface area contributed by atoms with Crippen LogP contribution in [0.25, 0.3) is 0 Å². The SMILES string of the molecule is COC(=O)[C@]1(C)CC[C@]2(C(=O)O[C@@H]3O[C@H](CO)[C@@H](O)[C@H](O)[C@H]3O)CC[C@]3(C)C(=CC[C@@H]4[C@@]5(C)CC[C@H](O[C@@H]6O[C@H](CO)[C@@H](O[C@@H]7O[C@H](CO)[C@@H](O[C@@H]8O[C@H](CO)[C@@H](O)[C@H](O)[C@H]8O)[C@H](O)[C@H]7O)[C@H](O)[C@H]6O)[C@@](C)(CO)[C@@H]5CC[C@]43C)[C@@H]2C1. The highest BCUT2D eigenvalue weighted by molar-refractivity contribution is 5.81. The lowest BCUT2D eigenvalue weighted by atomic mass is 9.33. The van der Waals surface area contributed by atoms with E-state index in [2.05, 4.69) is 26.8 Å². The number of carbonyl (C=O) groups is 2. The Bertz CT molecular complexity index is 2250. The van der Waals surface area contributed by atoms with Crippen molar-refractivity contribution in [1.29, 1.82) is 0 Å². The minimum absolute atomic E-state index is 0.0272. The molecule has 0 radical (unpaired) electrons. The molecule has 9 aliphatic rings. The van der Waals surface area contributed by atoms with Crippen LogP contribution in [-0.4, -0.2) is 258 Å². The van der Waals surface area contributed by atoms with Gasteiger partial charge in [-0.15, -0.1) is 0 Å². The largest absolute Gasteiger partial charge is 0.469 e. The first-order chi connectivity index (χ1) is 38.1. The Hall–Kier alpha value is -2.20. The summed E-state index contributed by atoms with van der Waals surface area (Å²) in [6, 6.07) is 0. The second kappa shape index (κ2) is 23.5. The van der Waals surface area contributed by atoms with E-state index in [1.807, 2.05) is 13.8 Å². The minimum Gasteiger partial charge on any atom is -0.469 e. The van der Waals surface area contributed by atoms with Gasteiger partial charge in [-0.1, -0.05) is 39.3 Å². The van der Waals surface area contributed by atoms with E-state index in [9.17, 15) is 86.2 Å². The molecule has 0 amide bonds. The molecule has 8 fully saturated rings. The molecule has 4 saturated heterocycles. The van der Waals surface area contributed by atoms with Crippen molar-refractivity contribution in [2.45, 2.75) is 228 Å². The number of allylic oxidation sites excluding steroid dienone is 2. The lowest BCUT2D eigenvalue weighted by molar-refractivity contribution is -0.383. The van der Waals surface area contributed by atoms with Crippen LogP contribution in [0, 0.1) is 50.2 Å². The third-order valence-electron chi connectivity index (χ3n) is 22.0. The van der Waals surface area contributed by atoms with Crippen LogP contribution in [0.5, 0.6) is 0 Å². The van der Waals surface area contributed by atoms with Crippen LogP contribution in [0.4, 0.5) is 0 Å². The van der Waals surface area contributed by atoms with Crippen LogP contribution >= 0.6 is 0 Å². The number of aliphatic hydroxyl groups is 15. The molecule has 4 saturated carbocycles. The van der Waals surface area contributed by atoms with Crippen molar-refractivity contribution in [3.8, 4) is 0 Å². The van der Waals surface area contributed by atoms with Gasteiger partial charge in [0.1, 0.15) is 97.7 Å². The third kappa shape index (κ3) is 10.2. The fourth-order valence-electron chi connectivity index (χ4n) is 16.8. The molecule has 0 bridgehead atoms. The molecule has 5 aliphatic carbocycles. The molecule has 15 N–H and O–H groups in total. The van der Waals surface area contributed by atoms with Crippen molar-refractivity contribution in [3.05, 3.63) is 11.6 Å². The van der Waals surface area contributed by atoms with E-state index in [0.717, 1.165) is 5.57 Å². The zero-order valence-corrected chi connectivity index (χ0v) is 46.7. The first-order valence-electron chi connectivity index (χ1n) is 28.6. The van der Waals surface area contributed by atoms with Gasteiger partial charge in [0.15, 0.2) is 18.9 Å². The van der Waals surface area contributed by atoms with Crippen LogP contribution < -0.4 is 0 Å². The van der Waals surface area contributed by atoms with Crippen molar-refractivity contribution >= 4 is 11.9 Å². The maximum atomic E-state index is 14.9. The van der Waals surface area contributed by atoms with Crippen LogP contribution in [0.1, 0.15) is 98.8 Å². The topological polar surface area (TPSA) is 421 Å². The Labute approximate surface area is 469 Å². The van der Waals surface area contributed by atoms with E-state index < -0.39 is 206 Å². The molecule has 0 aromatic carbocycles. The van der Waals surface area contributed by atoms with Crippen molar-refractivity contribution in [2.75, 3.05) is 40.1 Å². The molecule has 4 heterocycles. The van der Waals surface area contributed by atoms with Gasteiger partial charge >= 0.3 is 11.9 Å². The Morgan fingerprint density at radius 2 is 1.01 bits per heavy atom. The first kappa shape index (κ1) is 63.3. The Morgan fingerprint density at radius 3 is 1.53 bits per heavy atom. The van der Waals surface area contributed by atoms with Gasteiger partial charge in [0.05, 0.1) is 57.1 Å². The van der Waals surface area contributed by atoms with Crippen molar-refractivity contribution in [3.63, 3.8) is 0 Å². The van der Waals surface area contributed by atoms with Crippen LogP contribution in [0.15, 0.2) is 11.6 Å². The monoisotopic (exact) mass is 1160 g/mol. The second-order valence-electron chi connectivity index (χ2n) is 26.0. The van der Waals surface area contributed by atoms with Gasteiger partial charge in [-0.2, -0.15) is 0 Å². The average molecular weight is 1170 g/mol. The van der Waals surface area contributed by atoms with Gasteiger partial charge in [0.25, 0.3) is 0 Å². The molecule has 0 aromatic heterocycles. The zero-order chi connectivity index (χ0) is 59.3. The number of methoxy groups -OCH3 is 1. The number of carbonyl (C=O) groups excluding carboxylic acids is 2. The number of fused-ring (bicyclic) bond motifs is 7. The Kier molecular flexibility index (Phi) is 18.4. The quantitative estimate of drug-likeness (QED) is 0.0449. The lowest BCUT2D eigenvalue weighted by Gasteiger charge is -2.71. The van der Waals surface area contributed by atoms with E-state index >= 15 is 0 Å². The summed E-state index contributed by atoms with van der Waals surface area (Å²) in [5, 5.41) is 161. The zero-order valence-electron chi connectivity index (χ0n) is 46.7. The molecule has 26 nitrogen and oxygen atoms in total. The summed E-state index contributed by atoms with van der Waals surface area (Å²) < 4.78 is 52.3. The fourth-order valence-corrected chi connectivity index (χ4v) is 16.8. The van der Waals surface area contributed by atoms with Crippen molar-refractivity contribution < 1.29 is 129 Å². The van der Waals surface area contributed by atoms with Crippen LogP contribution in [0.2, 0.25) is 0 Å². The fraction of sp³-hybridized carbons (Fsp3) is 0.927. The number of rotatable bonds is 14. The molecule has 0 unspecified atom stereocenters. The number of aliphatic hydroxyl groups excluding tert-OH is 15. The summed E-state index contributed by atoms with van der Waals surface area (Å²) in [4.78, 5) is 28.4. The predicted octanol–water partition coefficient (Wildman–Crippen LogP) is -3.91. The summed E-state index contributed by atoms with van der Waals surface area (Å²) in [6.07, 6.45) is -28.2. The Balaban J connectivity index is 0.907. The maximum absolute atomic E-state index is 14.9. The van der Waals surface area contributed by atoms with Crippen molar-refractivity contribution in [2.24, 2.45) is 50.2 Å². The van der Waals surface area contributed by atoms with Crippen molar-refractivity contribution in [1.82, 2.24) is 0 Å². The molecule has 9 rings (SSSR count). The molecular weight excluding hydrogens is 1080 g/mol. The molecule has 30 atom stereocenters. The summed E-state index contributed by atoms with van der Waals surface area (Å²) in [6.45, 7) is 7.03. The van der Waals surface area contributed by atoms with E-state index in [0.29, 0.717) is 51.4 Å². The number of ether oxygens (including phenoxy) is 9. The predicted molar refractivity (Wildman–Crippen MR) is 271 cm³/mol. The van der Waals surface area contributed by atoms with Gasteiger partial charge in [0.2, 0.25) is 6.29 Å². The highest BCUT2D eigenvalue weighted by atomic mass is 16.8. The maximum Gasteiger partial charge on any atom is 0.315 e. The minimum atomic E-state index is -2.01. The Morgan fingerprint density at radius 1 is 0.531 bits per heavy atom. The molecule has 464 valence electrons. The van der Waals surface area contributed by atoms with Crippen LogP contribution in [-0.2, 0) is 52.2 Å². The summed E-state index contributed by atoms with van der Waals surface area (Å²) in [5.74, 6) is -1.74. The van der Waals surface area contributed by atoms with Gasteiger partial charge in [0, 0.05) is 5.41 Å². The second-order valence-corrected chi connectivity index (χ2v) is 26.0. The molecular formula is C55H88O26. The highest BCUT2D eigenvalue weighted by Crippen LogP contribution is 2.76. The summed E-state index contributed by atoms with van der Waals surface area (Å²) in [7, 11) is 1.33. The lowest BCUT2D eigenvalue weighted by Crippen LogP contribution is -2.68. The third-order valence-corrected chi connectivity index (χ3v) is 22.0. The number of hydrogen-bond acceptors (Lipinski definition) is 26. The van der Waals surface area contributed by atoms with E-state index in [-0.39, 0.29) is 31.3 Å². The standard InChI is InChI=1S/C55H88O26/c1-50(48(71)73-6)13-15-55(49(72)81-47-39(68)35(64)33(62)26(19-57)75-47)16-14-53(4)23(24(55)17-50)7-8-30-51(2)11-10-31(52(3,22-60)29(51)9-12-54(30,53)5)78-44-40(69)36(65)42(27(20-58)76-44)80-46-41(70)37(66)43(28(21-59)77-46)79-45-38(67)34(63)32(61)25(18-56)74-45/h7,24-47,56-70H,8-22H2,1-6H3/t24-,25+,26+,27+,28+,29+,30+,31-,32+,33+,34-,35-,36+,37+,38+,39+,40+,41+,42+,43+,44-,45-,46-,47-,50+,51-,52-,53+,54+,55-/m0/s1. The molecule has 26 heteroatoms. The average Bonchev–Trinajstić information content (AvgIpc) is 3.49. The van der Waals surface area contributed by atoms with Crippen LogP contribution in [0.3, 0.4) is 0 Å². The van der Waals surface area contributed by atoms with E-state index in [1.54, 1.807) is 0 Å². The van der Waals surface area contributed by atoms with E-state index in [4.69, 9.17) is 42.6 Å². The smallest absolute Gasteiger partial charge is 0.315 e.